The van der Waals surface area contributed by atoms with E-state index in [-0.39, 0.29) is 5.69 Å². The molecule has 9 heteroatoms. The minimum atomic E-state index is -1.18. The van der Waals surface area contributed by atoms with Crippen molar-refractivity contribution in [1.29, 1.82) is 0 Å². The van der Waals surface area contributed by atoms with E-state index in [1.165, 1.54) is 17.1 Å². The number of nitrogens with one attached hydrogen (secondary N) is 1. The van der Waals surface area contributed by atoms with Crippen LogP contribution < -0.4 is 5.32 Å². The van der Waals surface area contributed by atoms with Crippen LogP contribution in [-0.2, 0) is 7.05 Å². The predicted molar refractivity (Wildman–Crippen MR) is 81.8 cm³/mol. The molecule has 23 heavy (non-hydrogen) atoms. The molecule has 0 saturated heterocycles. The average molecular weight is 317 g/mol. The number of aromatic nitrogens is 3. The third-order valence-corrected chi connectivity index (χ3v) is 3.23. The van der Waals surface area contributed by atoms with Crippen molar-refractivity contribution in [3.05, 3.63) is 53.0 Å². The van der Waals surface area contributed by atoms with Crippen molar-refractivity contribution in [2.24, 2.45) is 7.05 Å². The summed E-state index contributed by atoms with van der Waals surface area (Å²) in [5.41, 5.74) is 1.17. The Morgan fingerprint density at radius 1 is 1.65 bits per heavy atom. The third kappa shape index (κ3) is 3.51. The largest absolute Gasteiger partial charge is 0.465 e. The zero-order valence-electron chi connectivity index (χ0n) is 12.3. The lowest BCUT2D eigenvalue weighted by Crippen LogP contribution is -2.27. The molecule has 0 aliphatic carbocycles. The van der Waals surface area contributed by atoms with Crippen LogP contribution in [0.5, 0.6) is 0 Å². The fourth-order valence-corrected chi connectivity index (χ4v) is 2.25. The smallest absolute Gasteiger partial charge is 0.405 e. The van der Waals surface area contributed by atoms with Gasteiger partial charge in [0.1, 0.15) is 11.9 Å². The molecule has 0 radical (unpaired) electrons. The second kappa shape index (κ2) is 6.69. The highest BCUT2D eigenvalue weighted by atomic mass is 16.6. The van der Waals surface area contributed by atoms with Crippen LogP contribution >= 0.6 is 0 Å². The van der Waals surface area contributed by atoms with Gasteiger partial charge in [0.2, 0.25) is 0 Å². The number of nitro groups is 1. The third-order valence-electron chi connectivity index (χ3n) is 3.23. The molecular weight excluding hydrogens is 302 g/mol. The van der Waals surface area contributed by atoms with Gasteiger partial charge in [-0.2, -0.15) is 5.10 Å². The predicted octanol–water partition coefficient (Wildman–Crippen LogP) is 2.28. The van der Waals surface area contributed by atoms with Crippen LogP contribution in [0.15, 0.2) is 37.2 Å². The fraction of sp³-hybridized carbons (Fsp3) is 0.214. The standard InChI is InChI=1S/C14H15N5O4/c1-3-4-10(17-14(20)21)11-7-9(5-6-15-11)13-12(19(22)23)8-16-18(13)2/h3,5-8,10,17H,1,4H2,2H3,(H,20,21)/t10-/m0/s1. The van der Waals surface area contributed by atoms with Crippen molar-refractivity contribution in [2.45, 2.75) is 12.5 Å². The lowest BCUT2D eigenvalue weighted by molar-refractivity contribution is -0.384. The van der Waals surface area contributed by atoms with Gasteiger partial charge in [-0.3, -0.25) is 19.8 Å². The van der Waals surface area contributed by atoms with Gasteiger partial charge in [-0.1, -0.05) is 6.08 Å². The first-order valence-electron chi connectivity index (χ1n) is 6.67. The van der Waals surface area contributed by atoms with Gasteiger partial charge in [-0.25, -0.2) is 4.79 Å². The van der Waals surface area contributed by atoms with Crippen molar-refractivity contribution in [3.63, 3.8) is 0 Å². The highest BCUT2D eigenvalue weighted by Gasteiger charge is 2.22. The topological polar surface area (TPSA) is 123 Å². The monoisotopic (exact) mass is 317 g/mol. The quantitative estimate of drug-likeness (QED) is 0.478. The Kier molecular flexibility index (Phi) is 4.69. The van der Waals surface area contributed by atoms with E-state index >= 15 is 0 Å². The van der Waals surface area contributed by atoms with Crippen molar-refractivity contribution in [3.8, 4) is 11.3 Å². The van der Waals surface area contributed by atoms with Crippen LogP contribution in [0.4, 0.5) is 10.5 Å². The maximum Gasteiger partial charge on any atom is 0.405 e. The van der Waals surface area contributed by atoms with E-state index in [0.717, 1.165) is 0 Å². The molecule has 0 bridgehead atoms. The molecule has 0 aliphatic heterocycles. The van der Waals surface area contributed by atoms with E-state index in [2.05, 4.69) is 22.0 Å². The Balaban J connectivity index is 2.47. The van der Waals surface area contributed by atoms with Gasteiger partial charge in [-0.15, -0.1) is 6.58 Å². The van der Waals surface area contributed by atoms with Gasteiger partial charge in [0.05, 0.1) is 16.7 Å². The zero-order chi connectivity index (χ0) is 17.0. The minimum Gasteiger partial charge on any atom is -0.465 e. The zero-order valence-corrected chi connectivity index (χ0v) is 12.3. The molecule has 2 aromatic rings. The summed E-state index contributed by atoms with van der Waals surface area (Å²) in [6.45, 7) is 3.59. The van der Waals surface area contributed by atoms with Gasteiger partial charge in [0, 0.05) is 18.8 Å². The summed E-state index contributed by atoms with van der Waals surface area (Å²) in [6, 6.07) is 2.63. The minimum absolute atomic E-state index is 0.129. The van der Waals surface area contributed by atoms with Crippen molar-refractivity contribution in [2.75, 3.05) is 0 Å². The van der Waals surface area contributed by atoms with Gasteiger partial charge >= 0.3 is 11.8 Å². The molecule has 0 spiro atoms. The molecule has 2 rings (SSSR count). The number of pyridine rings is 1. The van der Waals surface area contributed by atoms with Gasteiger partial charge in [-0.05, 0) is 18.6 Å². The van der Waals surface area contributed by atoms with Gasteiger partial charge < -0.3 is 10.4 Å². The summed E-state index contributed by atoms with van der Waals surface area (Å²) >= 11 is 0. The fourth-order valence-electron chi connectivity index (χ4n) is 2.25. The first-order chi connectivity index (χ1) is 10.9. The van der Waals surface area contributed by atoms with Gasteiger partial charge in [0.25, 0.3) is 0 Å². The molecule has 0 aromatic carbocycles. The molecule has 120 valence electrons. The van der Waals surface area contributed by atoms with Crippen LogP contribution in [0, 0.1) is 10.1 Å². The Hall–Kier alpha value is -3.23. The number of amides is 1. The van der Waals surface area contributed by atoms with Crippen LogP contribution in [0.2, 0.25) is 0 Å². The van der Waals surface area contributed by atoms with E-state index < -0.39 is 17.1 Å². The first kappa shape index (κ1) is 16.1. The van der Waals surface area contributed by atoms with Gasteiger partial charge in [0.15, 0.2) is 0 Å². The Morgan fingerprint density at radius 3 is 3.00 bits per heavy atom. The number of rotatable bonds is 6. The van der Waals surface area contributed by atoms with E-state index in [1.54, 1.807) is 25.3 Å². The SMILES string of the molecule is C=CC[C@H](NC(=O)O)c1cc(-c2c([N+](=O)[O-])cnn2C)ccn1. The first-order valence-corrected chi connectivity index (χ1v) is 6.67. The van der Waals surface area contributed by atoms with Crippen LogP contribution in [0.25, 0.3) is 11.3 Å². The number of hydrogen-bond donors (Lipinski definition) is 2. The Labute approximate surface area is 131 Å². The molecule has 2 N–H and O–H groups in total. The molecule has 0 unspecified atom stereocenters. The highest BCUT2D eigenvalue weighted by molar-refractivity contribution is 5.70. The maximum atomic E-state index is 11.1. The lowest BCUT2D eigenvalue weighted by atomic mass is 10.1. The second-order valence-electron chi connectivity index (χ2n) is 4.75. The second-order valence-corrected chi connectivity index (χ2v) is 4.75. The summed E-state index contributed by atoms with van der Waals surface area (Å²) in [5.74, 6) is 0. The normalized spacial score (nSPS) is 11.7. The highest BCUT2D eigenvalue weighted by Crippen LogP contribution is 2.30. The van der Waals surface area contributed by atoms with Crippen LogP contribution in [0.1, 0.15) is 18.2 Å². The Bertz CT molecular complexity index is 755. The van der Waals surface area contributed by atoms with Crippen LogP contribution in [-0.4, -0.2) is 30.9 Å². The lowest BCUT2D eigenvalue weighted by Gasteiger charge is -2.15. The number of hydrogen-bond acceptors (Lipinski definition) is 5. The molecule has 2 aromatic heterocycles. The van der Waals surface area contributed by atoms with Crippen molar-refractivity contribution >= 4 is 11.8 Å². The van der Waals surface area contributed by atoms with E-state index in [0.29, 0.717) is 23.4 Å². The van der Waals surface area contributed by atoms with Crippen LogP contribution in [0.3, 0.4) is 0 Å². The van der Waals surface area contributed by atoms with E-state index in [9.17, 15) is 14.9 Å². The molecule has 0 fully saturated rings. The number of carboxylic acid groups (broad SMARTS) is 1. The average Bonchev–Trinajstić information content (AvgIpc) is 2.88. The summed E-state index contributed by atoms with van der Waals surface area (Å²) in [6.07, 6.45) is 3.38. The van der Waals surface area contributed by atoms with Crippen molar-refractivity contribution in [1.82, 2.24) is 20.1 Å². The Morgan fingerprint density at radius 2 is 2.39 bits per heavy atom. The van der Waals surface area contributed by atoms with Crippen molar-refractivity contribution < 1.29 is 14.8 Å². The summed E-state index contributed by atoms with van der Waals surface area (Å²) in [4.78, 5) is 25.6. The summed E-state index contributed by atoms with van der Waals surface area (Å²) in [7, 11) is 1.60. The molecule has 0 aliphatic rings. The number of nitrogens with zero attached hydrogens (tertiary/aromatic N) is 4. The maximum absolute atomic E-state index is 11.1. The number of carbonyl (C=O) groups is 1. The molecule has 1 amide bonds. The molecule has 0 saturated carbocycles. The summed E-state index contributed by atoms with van der Waals surface area (Å²) < 4.78 is 1.39. The molecule has 9 nitrogen and oxygen atoms in total. The van der Waals surface area contributed by atoms with E-state index in [1.807, 2.05) is 0 Å². The molecule has 1 atom stereocenters. The molecular formula is C14H15N5O4. The summed E-state index contributed by atoms with van der Waals surface area (Å²) in [5, 5.41) is 26.3. The number of aryl methyl sites for hydroxylation is 1. The van der Waals surface area contributed by atoms with E-state index in [4.69, 9.17) is 5.11 Å². The molecule has 2 heterocycles.